The van der Waals surface area contributed by atoms with E-state index in [0.29, 0.717) is 5.56 Å². The molecule has 2 aromatic rings. The Labute approximate surface area is 161 Å². The minimum Gasteiger partial charge on any atom is -0.480 e. The third-order valence-corrected chi connectivity index (χ3v) is 5.81. The van der Waals surface area contributed by atoms with E-state index in [4.69, 9.17) is 0 Å². The van der Waals surface area contributed by atoms with Crippen molar-refractivity contribution in [1.29, 1.82) is 0 Å². The molecule has 2 heterocycles. The number of carbonyl (C=O) groups is 3. The van der Waals surface area contributed by atoms with Crippen molar-refractivity contribution in [2.45, 2.75) is 18.0 Å². The van der Waals surface area contributed by atoms with E-state index in [2.05, 4.69) is 5.32 Å². The average Bonchev–Trinajstić information content (AvgIpc) is 3.14. The number of imide groups is 1. The normalized spacial score (nSPS) is 29.2. The van der Waals surface area contributed by atoms with Crippen LogP contribution < -0.4 is 5.32 Å². The molecule has 144 valence electrons. The van der Waals surface area contributed by atoms with Crippen molar-refractivity contribution < 1.29 is 23.9 Å². The van der Waals surface area contributed by atoms with Gasteiger partial charge in [0.15, 0.2) is 0 Å². The number of rotatable bonds is 4. The lowest BCUT2D eigenvalue weighted by atomic mass is 9.76. The maximum atomic E-state index is 13.4. The van der Waals surface area contributed by atoms with E-state index >= 15 is 0 Å². The van der Waals surface area contributed by atoms with Crippen LogP contribution in [0.4, 0.5) is 4.39 Å². The lowest BCUT2D eigenvalue weighted by Crippen LogP contribution is -2.57. The Kier molecular flexibility index (Phi) is 4.27. The highest BCUT2D eigenvalue weighted by atomic mass is 19.1. The quantitative estimate of drug-likeness (QED) is 0.787. The Bertz CT molecular complexity index is 947. The van der Waals surface area contributed by atoms with Gasteiger partial charge in [-0.25, -0.2) is 4.39 Å². The van der Waals surface area contributed by atoms with E-state index in [1.165, 1.54) is 31.3 Å². The summed E-state index contributed by atoms with van der Waals surface area (Å²) in [6.07, 6.45) is 0.0505. The second-order valence-corrected chi connectivity index (χ2v) is 7.35. The van der Waals surface area contributed by atoms with Crippen LogP contribution in [0, 0.1) is 17.7 Å². The number of carboxylic acid groups (broad SMARTS) is 1. The van der Waals surface area contributed by atoms with Crippen molar-refractivity contribution in [2.24, 2.45) is 11.8 Å². The fraction of sp³-hybridized carbons (Fsp3) is 0.286. The van der Waals surface area contributed by atoms with Gasteiger partial charge in [0, 0.05) is 19.5 Å². The predicted octanol–water partition coefficient (Wildman–Crippen LogP) is 1.77. The van der Waals surface area contributed by atoms with Crippen LogP contribution in [0.3, 0.4) is 0 Å². The van der Waals surface area contributed by atoms with Crippen LogP contribution in [-0.4, -0.2) is 40.4 Å². The molecule has 0 aromatic heterocycles. The molecular formula is C21H19FN2O4. The number of likely N-dealkylation sites (tertiary alicyclic amines) is 1. The Morgan fingerprint density at radius 3 is 2.36 bits per heavy atom. The molecule has 0 radical (unpaired) electrons. The summed E-state index contributed by atoms with van der Waals surface area (Å²) in [5.74, 6) is -4.45. The van der Waals surface area contributed by atoms with Crippen LogP contribution in [0.1, 0.15) is 17.2 Å². The number of amides is 2. The first-order valence-electron chi connectivity index (χ1n) is 8.97. The summed E-state index contributed by atoms with van der Waals surface area (Å²) in [7, 11) is 1.37. The predicted molar refractivity (Wildman–Crippen MR) is 97.5 cm³/mol. The molecule has 2 aromatic carbocycles. The first-order valence-corrected chi connectivity index (χ1v) is 8.97. The lowest BCUT2D eigenvalue weighted by Gasteiger charge is -2.31. The van der Waals surface area contributed by atoms with Crippen molar-refractivity contribution >= 4 is 17.8 Å². The van der Waals surface area contributed by atoms with Crippen LogP contribution in [0.2, 0.25) is 0 Å². The first kappa shape index (κ1) is 18.3. The van der Waals surface area contributed by atoms with Gasteiger partial charge in [-0.2, -0.15) is 0 Å². The van der Waals surface area contributed by atoms with Gasteiger partial charge >= 0.3 is 5.97 Å². The number of benzene rings is 2. The molecule has 4 atom stereocenters. The lowest BCUT2D eigenvalue weighted by molar-refractivity contribution is -0.151. The topological polar surface area (TPSA) is 86.7 Å². The zero-order valence-corrected chi connectivity index (χ0v) is 15.1. The number of fused-ring (bicyclic) bond motifs is 1. The summed E-state index contributed by atoms with van der Waals surface area (Å²) in [6, 6.07) is 13.8. The standard InChI is InChI=1S/C21H19FN2O4/c1-24-18(25)15-16(19(24)26)21(20(27)28,11-12-5-3-2-4-6-12)23-17(15)13-7-9-14(22)10-8-13/h2-10,15-17,23H,11H2,1H3,(H,27,28). The van der Waals surface area contributed by atoms with Gasteiger partial charge < -0.3 is 5.11 Å². The van der Waals surface area contributed by atoms with E-state index in [1.807, 2.05) is 6.07 Å². The number of nitrogens with zero attached hydrogens (tertiary/aromatic N) is 1. The summed E-state index contributed by atoms with van der Waals surface area (Å²) < 4.78 is 13.4. The van der Waals surface area contributed by atoms with Gasteiger partial charge in [-0.1, -0.05) is 42.5 Å². The van der Waals surface area contributed by atoms with Crippen LogP contribution in [-0.2, 0) is 20.8 Å². The zero-order valence-electron chi connectivity index (χ0n) is 15.1. The average molecular weight is 382 g/mol. The summed E-state index contributed by atoms with van der Waals surface area (Å²) in [5.41, 5.74) is -0.322. The Morgan fingerprint density at radius 1 is 1.11 bits per heavy atom. The van der Waals surface area contributed by atoms with Gasteiger partial charge in [0.1, 0.15) is 11.4 Å². The van der Waals surface area contributed by atoms with Gasteiger partial charge in [-0.15, -0.1) is 0 Å². The molecule has 2 aliphatic heterocycles. The van der Waals surface area contributed by atoms with E-state index in [-0.39, 0.29) is 6.42 Å². The largest absolute Gasteiger partial charge is 0.480 e. The monoisotopic (exact) mass is 382 g/mol. The fourth-order valence-corrected chi connectivity index (χ4v) is 4.46. The van der Waals surface area contributed by atoms with Crippen LogP contribution in [0.5, 0.6) is 0 Å². The molecule has 2 N–H and O–H groups in total. The zero-order chi connectivity index (χ0) is 20.1. The number of nitrogens with one attached hydrogen (secondary N) is 1. The fourth-order valence-electron chi connectivity index (χ4n) is 4.46. The minimum atomic E-state index is -1.64. The SMILES string of the molecule is CN1C(=O)C2C(c3ccc(F)cc3)NC(Cc3ccccc3)(C(=O)O)C2C1=O. The van der Waals surface area contributed by atoms with Crippen LogP contribution >= 0.6 is 0 Å². The van der Waals surface area contributed by atoms with Crippen molar-refractivity contribution in [1.82, 2.24) is 10.2 Å². The summed E-state index contributed by atoms with van der Waals surface area (Å²) in [6.45, 7) is 0. The smallest absolute Gasteiger partial charge is 0.325 e. The van der Waals surface area contributed by atoms with Gasteiger partial charge in [-0.05, 0) is 23.3 Å². The molecule has 0 spiro atoms. The molecule has 4 unspecified atom stereocenters. The number of halogens is 1. The molecule has 2 fully saturated rings. The van der Waals surface area contributed by atoms with Gasteiger partial charge in [0.05, 0.1) is 11.8 Å². The van der Waals surface area contributed by atoms with E-state index in [0.717, 1.165) is 10.5 Å². The molecule has 7 heteroatoms. The molecule has 2 aliphatic rings. The molecule has 0 saturated carbocycles. The summed E-state index contributed by atoms with van der Waals surface area (Å²) in [5, 5.41) is 13.2. The second-order valence-electron chi connectivity index (χ2n) is 7.35. The molecule has 0 aliphatic carbocycles. The Balaban J connectivity index is 1.84. The molecule has 6 nitrogen and oxygen atoms in total. The van der Waals surface area contributed by atoms with Gasteiger partial charge in [0.25, 0.3) is 0 Å². The Hall–Kier alpha value is -3.06. The number of aliphatic carboxylic acids is 1. The molecule has 0 bridgehead atoms. The van der Waals surface area contributed by atoms with Crippen molar-refractivity contribution in [3.05, 3.63) is 71.5 Å². The highest BCUT2D eigenvalue weighted by molar-refractivity contribution is 6.09. The molecule has 2 amide bonds. The molecule has 2 saturated heterocycles. The van der Waals surface area contributed by atoms with Gasteiger partial charge in [0.2, 0.25) is 11.8 Å². The molecule has 4 rings (SSSR count). The van der Waals surface area contributed by atoms with Crippen molar-refractivity contribution in [2.75, 3.05) is 7.05 Å². The first-order chi connectivity index (χ1) is 13.3. The second kappa shape index (κ2) is 6.53. The van der Waals surface area contributed by atoms with Crippen molar-refractivity contribution in [3.8, 4) is 0 Å². The third kappa shape index (κ3) is 2.62. The number of hydrogen-bond acceptors (Lipinski definition) is 4. The summed E-state index contributed by atoms with van der Waals surface area (Å²) in [4.78, 5) is 39.2. The van der Waals surface area contributed by atoms with Gasteiger partial charge in [-0.3, -0.25) is 24.6 Å². The number of hydrogen-bond donors (Lipinski definition) is 2. The molecular weight excluding hydrogens is 363 g/mol. The maximum absolute atomic E-state index is 13.4. The van der Waals surface area contributed by atoms with E-state index in [1.54, 1.807) is 24.3 Å². The van der Waals surface area contributed by atoms with Crippen LogP contribution in [0.15, 0.2) is 54.6 Å². The van der Waals surface area contributed by atoms with E-state index < -0.39 is 47.0 Å². The maximum Gasteiger partial charge on any atom is 0.325 e. The third-order valence-electron chi connectivity index (χ3n) is 5.81. The highest BCUT2D eigenvalue weighted by Crippen LogP contribution is 2.49. The van der Waals surface area contributed by atoms with Crippen molar-refractivity contribution in [3.63, 3.8) is 0 Å². The molecule has 28 heavy (non-hydrogen) atoms. The Morgan fingerprint density at radius 2 is 1.75 bits per heavy atom. The summed E-state index contributed by atoms with van der Waals surface area (Å²) >= 11 is 0. The van der Waals surface area contributed by atoms with Crippen LogP contribution in [0.25, 0.3) is 0 Å². The highest BCUT2D eigenvalue weighted by Gasteiger charge is 2.67. The van der Waals surface area contributed by atoms with E-state index in [9.17, 15) is 23.9 Å². The number of carbonyl (C=O) groups excluding carboxylic acids is 2. The minimum absolute atomic E-state index is 0.0505. The number of carboxylic acids is 1.